The van der Waals surface area contributed by atoms with E-state index in [1.165, 1.54) is 13.2 Å². The Hall–Kier alpha value is -1.96. The van der Waals surface area contributed by atoms with Gasteiger partial charge in [-0.25, -0.2) is 4.79 Å². The molecule has 0 spiro atoms. The summed E-state index contributed by atoms with van der Waals surface area (Å²) in [6.07, 6.45) is 0. The van der Waals surface area contributed by atoms with Crippen molar-refractivity contribution < 1.29 is 19.4 Å². The highest BCUT2D eigenvalue weighted by Crippen LogP contribution is 2.41. The lowest BCUT2D eigenvalue weighted by atomic mass is 10.0. The average Bonchev–Trinajstić information content (AvgIpc) is 3.05. The minimum absolute atomic E-state index is 0.00166. The Balaban J connectivity index is 2.04. The Bertz CT molecular complexity index is 1130. The predicted octanol–water partition coefficient (Wildman–Crippen LogP) is 6.99. The highest BCUT2D eigenvalue weighted by atomic mass is 35.5. The summed E-state index contributed by atoms with van der Waals surface area (Å²) in [6.45, 7) is 0. The fourth-order valence-electron chi connectivity index (χ4n) is 2.66. The van der Waals surface area contributed by atoms with Gasteiger partial charge in [-0.05, 0) is 23.8 Å². The smallest absolute Gasteiger partial charge is 0.339 e. The van der Waals surface area contributed by atoms with Crippen molar-refractivity contribution in [2.24, 2.45) is 0 Å². The number of aromatic carboxylic acids is 1. The molecule has 0 aliphatic carbocycles. The zero-order chi connectivity index (χ0) is 21.3. The monoisotopic (exact) mass is 489 g/mol. The number of halogens is 4. The molecule has 0 unspecified atom stereocenters. The summed E-state index contributed by atoms with van der Waals surface area (Å²) in [5.41, 5.74) is 0.879. The van der Waals surface area contributed by atoms with Crippen LogP contribution in [-0.2, 0) is 0 Å². The fraction of sp³-hybridized carbons (Fsp3) is 0.0526. The molecule has 5 nitrogen and oxygen atoms in total. The number of carboxylic acid groups (broad SMARTS) is 1. The Morgan fingerprint density at radius 1 is 1.07 bits per heavy atom. The molecular weight excluding hydrogens is 480 g/mol. The van der Waals surface area contributed by atoms with Gasteiger partial charge in [-0.3, -0.25) is 4.79 Å². The Morgan fingerprint density at radius 3 is 2.41 bits per heavy atom. The zero-order valence-corrected chi connectivity index (χ0v) is 18.4. The first-order valence-electron chi connectivity index (χ1n) is 7.88. The number of amides is 1. The molecule has 3 aromatic rings. The van der Waals surface area contributed by atoms with Gasteiger partial charge in [0.2, 0.25) is 0 Å². The maximum absolute atomic E-state index is 12.8. The molecule has 0 fully saturated rings. The van der Waals surface area contributed by atoms with Crippen LogP contribution in [0.2, 0.25) is 20.1 Å². The number of carbonyl (C=O) groups excluding carboxylic acids is 1. The van der Waals surface area contributed by atoms with Crippen LogP contribution in [-0.4, -0.2) is 24.1 Å². The Labute approximate surface area is 189 Å². The van der Waals surface area contributed by atoms with Crippen molar-refractivity contribution in [2.45, 2.75) is 0 Å². The van der Waals surface area contributed by atoms with Gasteiger partial charge in [-0.2, -0.15) is 0 Å². The number of methoxy groups -OCH3 is 1. The molecule has 0 atom stereocenters. The van der Waals surface area contributed by atoms with Crippen LogP contribution in [0.5, 0.6) is 5.75 Å². The summed E-state index contributed by atoms with van der Waals surface area (Å²) < 4.78 is 5.10. The third-order valence-corrected chi connectivity index (χ3v) is 6.00. The van der Waals surface area contributed by atoms with E-state index in [1.807, 2.05) is 0 Å². The van der Waals surface area contributed by atoms with Crippen LogP contribution < -0.4 is 10.1 Å². The van der Waals surface area contributed by atoms with Gasteiger partial charge in [0.1, 0.15) is 10.6 Å². The second-order valence-electron chi connectivity index (χ2n) is 5.69. The van der Waals surface area contributed by atoms with E-state index < -0.39 is 11.9 Å². The Morgan fingerprint density at radius 2 is 1.79 bits per heavy atom. The van der Waals surface area contributed by atoms with Crippen LogP contribution in [0.15, 0.2) is 35.7 Å². The molecule has 29 heavy (non-hydrogen) atoms. The highest BCUT2D eigenvalue weighted by molar-refractivity contribution is 7.15. The van der Waals surface area contributed by atoms with E-state index in [-0.39, 0.29) is 36.9 Å². The fourth-order valence-corrected chi connectivity index (χ4v) is 4.90. The van der Waals surface area contributed by atoms with E-state index in [0.717, 1.165) is 11.3 Å². The van der Waals surface area contributed by atoms with Gasteiger partial charge < -0.3 is 15.2 Å². The van der Waals surface area contributed by atoms with Gasteiger partial charge in [-0.1, -0.05) is 58.5 Å². The Kier molecular flexibility index (Phi) is 6.61. The van der Waals surface area contributed by atoms with Gasteiger partial charge in [0.05, 0.1) is 27.7 Å². The third kappa shape index (κ3) is 4.32. The van der Waals surface area contributed by atoms with E-state index in [1.54, 1.807) is 29.6 Å². The van der Waals surface area contributed by atoms with E-state index in [9.17, 15) is 14.7 Å². The topological polar surface area (TPSA) is 75.6 Å². The van der Waals surface area contributed by atoms with Gasteiger partial charge in [-0.15, -0.1) is 11.3 Å². The standard InChI is InChI=1S/C19H11Cl4NO4S/c1-28-16-12(22)6-11(21)14(15(16)23)17(25)24-18-13(19(26)27)10(7-29-18)8-3-2-4-9(20)5-8/h2-7H,1H3,(H,24,25)(H,26,27). The number of rotatable bonds is 5. The maximum Gasteiger partial charge on any atom is 0.339 e. The van der Waals surface area contributed by atoms with Crippen LogP contribution in [0.1, 0.15) is 20.7 Å². The minimum Gasteiger partial charge on any atom is -0.494 e. The molecule has 2 N–H and O–H groups in total. The summed E-state index contributed by atoms with van der Waals surface area (Å²) in [5, 5.41) is 14.5. The molecule has 3 rings (SSSR count). The number of anilines is 1. The molecule has 1 amide bonds. The number of thiophene rings is 1. The second-order valence-corrected chi connectivity index (χ2v) is 8.19. The number of carbonyl (C=O) groups is 2. The molecule has 0 radical (unpaired) electrons. The third-order valence-electron chi connectivity index (χ3n) is 3.93. The van der Waals surface area contributed by atoms with Crippen molar-refractivity contribution in [3.63, 3.8) is 0 Å². The van der Waals surface area contributed by atoms with E-state index in [2.05, 4.69) is 5.32 Å². The van der Waals surface area contributed by atoms with Gasteiger partial charge in [0.25, 0.3) is 5.91 Å². The summed E-state index contributed by atoms with van der Waals surface area (Å²) >= 11 is 25.4. The minimum atomic E-state index is -1.21. The van der Waals surface area contributed by atoms with Crippen molar-refractivity contribution >= 4 is 74.6 Å². The van der Waals surface area contributed by atoms with Crippen LogP contribution in [0.3, 0.4) is 0 Å². The molecule has 150 valence electrons. The molecule has 10 heteroatoms. The molecule has 1 heterocycles. The highest BCUT2D eigenvalue weighted by Gasteiger charge is 2.25. The van der Waals surface area contributed by atoms with E-state index >= 15 is 0 Å². The summed E-state index contributed by atoms with van der Waals surface area (Å²) in [5.74, 6) is -1.81. The lowest BCUT2D eigenvalue weighted by Crippen LogP contribution is -2.15. The SMILES string of the molecule is COc1c(Cl)cc(Cl)c(C(=O)Nc2scc(-c3cccc(Cl)c3)c2C(=O)O)c1Cl. The van der Waals surface area contributed by atoms with Crippen molar-refractivity contribution in [2.75, 3.05) is 12.4 Å². The van der Waals surface area contributed by atoms with E-state index in [4.69, 9.17) is 51.1 Å². The molecule has 1 aromatic heterocycles. The van der Waals surface area contributed by atoms with Crippen LogP contribution >= 0.6 is 57.7 Å². The van der Waals surface area contributed by atoms with Crippen molar-refractivity contribution in [1.29, 1.82) is 0 Å². The number of benzene rings is 2. The lowest BCUT2D eigenvalue weighted by Gasteiger charge is -2.13. The summed E-state index contributed by atoms with van der Waals surface area (Å²) in [7, 11) is 1.35. The molecule has 0 saturated carbocycles. The first-order chi connectivity index (χ1) is 13.7. The molecule has 0 aliphatic heterocycles. The van der Waals surface area contributed by atoms with Gasteiger partial charge in [0.15, 0.2) is 5.75 Å². The molecule has 0 aliphatic rings. The number of hydrogen-bond donors (Lipinski definition) is 2. The number of ether oxygens (including phenoxy) is 1. The van der Waals surface area contributed by atoms with E-state index in [0.29, 0.717) is 16.1 Å². The van der Waals surface area contributed by atoms with Gasteiger partial charge in [0, 0.05) is 16.0 Å². The van der Waals surface area contributed by atoms with Crippen molar-refractivity contribution in [3.05, 3.63) is 66.9 Å². The number of nitrogens with one attached hydrogen (secondary N) is 1. The predicted molar refractivity (Wildman–Crippen MR) is 118 cm³/mol. The first kappa shape index (κ1) is 21.7. The van der Waals surface area contributed by atoms with Crippen LogP contribution in [0.4, 0.5) is 5.00 Å². The molecule has 2 aromatic carbocycles. The maximum atomic E-state index is 12.8. The molecule has 0 bridgehead atoms. The molecular formula is C19H11Cl4NO4S. The quantitative estimate of drug-likeness (QED) is 0.404. The first-order valence-corrected chi connectivity index (χ1v) is 10.3. The van der Waals surface area contributed by atoms with Crippen LogP contribution in [0, 0.1) is 0 Å². The van der Waals surface area contributed by atoms with Gasteiger partial charge >= 0.3 is 5.97 Å². The summed E-state index contributed by atoms with van der Waals surface area (Å²) in [4.78, 5) is 24.7. The second kappa shape index (κ2) is 8.81. The number of hydrogen-bond acceptors (Lipinski definition) is 4. The van der Waals surface area contributed by atoms with Crippen molar-refractivity contribution in [3.8, 4) is 16.9 Å². The molecule has 0 saturated heterocycles. The lowest BCUT2D eigenvalue weighted by molar-refractivity contribution is 0.0699. The zero-order valence-electron chi connectivity index (χ0n) is 14.6. The van der Waals surface area contributed by atoms with Crippen molar-refractivity contribution in [1.82, 2.24) is 0 Å². The number of carboxylic acids is 1. The average molecular weight is 491 g/mol. The largest absolute Gasteiger partial charge is 0.494 e. The summed E-state index contributed by atoms with van der Waals surface area (Å²) in [6, 6.07) is 8.08. The van der Waals surface area contributed by atoms with Crippen LogP contribution in [0.25, 0.3) is 11.1 Å². The normalized spacial score (nSPS) is 10.7.